The third kappa shape index (κ3) is 5.39. The van der Waals surface area contributed by atoms with Crippen molar-refractivity contribution >= 4 is 44.6 Å². The Morgan fingerprint density at radius 1 is 1.10 bits per heavy atom. The van der Waals surface area contributed by atoms with Crippen LogP contribution in [0.5, 0.6) is 0 Å². The molecule has 1 aliphatic carbocycles. The molecule has 0 radical (unpaired) electrons. The first kappa shape index (κ1) is 18.1. The topological polar surface area (TPSA) is 0 Å². The van der Waals surface area contributed by atoms with Gasteiger partial charge in [0, 0.05) is 0 Å². The van der Waals surface area contributed by atoms with Crippen LogP contribution in [0.1, 0.15) is 32.1 Å². The first-order valence-electron chi connectivity index (χ1n) is 8.22. The van der Waals surface area contributed by atoms with E-state index in [1.807, 2.05) is 0 Å². The van der Waals surface area contributed by atoms with Gasteiger partial charge in [0.05, 0.1) is 0 Å². The SMILES string of the molecule is C[Si](C)(C)CCSP(=[Se])(c1ccccc1)C1CCCCC1. The Hall–Kier alpha value is 0.736. The second kappa shape index (κ2) is 8.02. The van der Waals surface area contributed by atoms with E-state index in [4.69, 9.17) is 0 Å². The molecule has 4 heteroatoms. The summed E-state index contributed by atoms with van der Waals surface area (Å²) in [5, 5.41) is 1.61. The average molecular weight is 404 g/mol. The first-order valence-corrected chi connectivity index (χ1v) is 17.6. The van der Waals surface area contributed by atoms with Crippen LogP contribution in [-0.2, 0) is 0 Å². The summed E-state index contributed by atoms with van der Waals surface area (Å²) in [6.07, 6.45) is 7.21. The van der Waals surface area contributed by atoms with E-state index in [0.29, 0.717) is 0 Å². The van der Waals surface area contributed by atoms with Crippen LogP contribution in [-0.4, -0.2) is 34.6 Å². The molecule has 21 heavy (non-hydrogen) atoms. The molecule has 0 aromatic heterocycles. The van der Waals surface area contributed by atoms with Crippen molar-refractivity contribution in [1.82, 2.24) is 0 Å². The summed E-state index contributed by atoms with van der Waals surface area (Å²) in [6.45, 7) is 7.49. The van der Waals surface area contributed by atoms with Gasteiger partial charge in [0.1, 0.15) is 0 Å². The second-order valence-corrected chi connectivity index (χ2v) is 23.8. The van der Waals surface area contributed by atoms with Crippen molar-refractivity contribution in [3.63, 3.8) is 0 Å². The van der Waals surface area contributed by atoms with Crippen molar-refractivity contribution < 1.29 is 0 Å². The van der Waals surface area contributed by atoms with Crippen molar-refractivity contribution in [2.24, 2.45) is 0 Å². The predicted molar refractivity (Wildman–Crippen MR) is 106 cm³/mol. The Morgan fingerprint density at radius 3 is 2.29 bits per heavy atom. The van der Waals surface area contributed by atoms with E-state index in [9.17, 15) is 0 Å². The Balaban J connectivity index is 2.16. The summed E-state index contributed by atoms with van der Waals surface area (Å²) < 4.78 is -1.17. The summed E-state index contributed by atoms with van der Waals surface area (Å²) in [5.74, 6) is 1.35. The molecule has 1 aromatic carbocycles. The zero-order valence-corrected chi connectivity index (χ0v) is 18.1. The van der Waals surface area contributed by atoms with E-state index in [0.717, 1.165) is 5.66 Å². The maximum atomic E-state index is 3.75. The van der Waals surface area contributed by atoms with Gasteiger partial charge in [0.15, 0.2) is 0 Å². The minimum atomic E-state index is -1.17. The van der Waals surface area contributed by atoms with E-state index >= 15 is 0 Å². The molecular weight excluding hydrogens is 374 g/mol. The van der Waals surface area contributed by atoms with Gasteiger partial charge in [-0.1, -0.05) is 0 Å². The molecule has 0 saturated heterocycles. The van der Waals surface area contributed by atoms with Gasteiger partial charge in [-0.05, 0) is 0 Å². The number of benzene rings is 1. The predicted octanol–water partition coefficient (Wildman–Crippen LogP) is 5.73. The molecule has 0 N–H and O–H groups in total. The molecule has 1 atom stereocenters. The zero-order chi connectivity index (χ0) is 15.3. The van der Waals surface area contributed by atoms with Crippen LogP contribution in [0.2, 0.25) is 25.7 Å². The Kier molecular flexibility index (Phi) is 6.90. The van der Waals surface area contributed by atoms with Gasteiger partial charge in [-0.25, -0.2) is 0 Å². The molecule has 0 bridgehead atoms. The van der Waals surface area contributed by atoms with Crippen LogP contribution in [0, 0.1) is 0 Å². The molecule has 2 rings (SSSR count). The number of rotatable bonds is 6. The van der Waals surface area contributed by atoms with Crippen LogP contribution < -0.4 is 5.30 Å². The summed E-state index contributed by atoms with van der Waals surface area (Å²) in [4.78, 5) is 0. The van der Waals surface area contributed by atoms with Gasteiger partial charge in [-0.3, -0.25) is 0 Å². The molecule has 1 saturated carbocycles. The molecule has 0 amide bonds. The summed E-state index contributed by atoms with van der Waals surface area (Å²) >= 11 is 6.05. The van der Waals surface area contributed by atoms with E-state index in [1.165, 1.54) is 43.9 Å². The summed E-state index contributed by atoms with van der Waals surface area (Å²) in [7, 11) is -0.924. The van der Waals surface area contributed by atoms with E-state index in [-0.39, 0.29) is 0 Å². The van der Waals surface area contributed by atoms with Gasteiger partial charge in [0.25, 0.3) is 0 Å². The van der Waals surface area contributed by atoms with Crippen molar-refractivity contribution in [2.75, 3.05) is 5.75 Å². The van der Waals surface area contributed by atoms with Crippen LogP contribution in [0.4, 0.5) is 0 Å². The standard InChI is InChI=1S/C17H29PSSeSi/c1-21(2,3)15-14-19-18(20,16-10-6-4-7-11-16)17-12-8-5-9-13-17/h4,6-7,10-11,17H,5,8-9,12-15H2,1-3H3. The third-order valence-electron chi connectivity index (χ3n) is 4.31. The fraction of sp³-hybridized carbons (Fsp3) is 0.647. The normalized spacial score (nSPS) is 20.1. The molecule has 1 fully saturated rings. The molecule has 118 valence electrons. The fourth-order valence-electron chi connectivity index (χ4n) is 2.93. The Bertz CT molecular complexity index is 477. The molecule has 0 aliphatic heterocycles. The van der Waals surface area contributed by atoms with E-state index in [2.05, 4.69) is 76.5 Å². The molecule has 0 nitrogen and oxygen atoms in total. The van der Waals surface area contributed by atoms with Gasteiger partial charge in [-0.15, -0.1) is 0 Å². The van der Waals surface area contributed by atoms with Gasteiger partial charge in [-0.2, -0.15) is 0 Å². The minimum absolute atomic E-state index is 0.917. The third-order valence-corrected chi connectivity index (χ3v) is 18.1. The summed E-state index contributed by atoms with van der Waals surface area (Å²) in [5.41, 5.74) is 0.917. The quantitative estimate of drug-likeness (QED) is 0.432. The molecule has 1 unspecified atom stereocenters. The zero-order valence-electron chi connectivity index (χ0n) is 13.7. The van der Waals surface area contributed by atoms with E-state index in [1.54, 1.807) is 5.30 Å². The fourth-order valence-corrected chi connectivity index (χ4v) is 15.6. The Morgan fingerprint density at radius 2 is 1.71 bits per heavy atom. The molecular formula is C17H29PSSeSi. The van der Waals surface area contributed by atoms with Crippen LogP contribution in [0.3, 0.4) is 0 Å². The van der Waals surface area contributed by atoms with Gasteiger partial charge in [0.2, 0.25) is 0 Å². The van der Waals surface area contributed by atoms with Gasteiger partial charge < -0.3 is 0 Å². The van der Waals surface area contributed by atoms with Crippen molar-refractivity contribution in [3.05, 3.63) is 30.3 Å². The monoisotopic (exact) mass is 404 g/mol. The van der Waals surface area contributed by atoms with Crippen molar-refractivity contribution in [3.8, 4) is 0 Å². The Labute approximate surface area is 143 Å². The molecule has 0 heterocycles. The molecule has 1 aliphatic rings. The van der Waals surface area contributed by atoms with Crippen LogP contribution in [0.25, 0.3) is 0 Å². The average Bonchev–Trinajstić information content (AvgIpc) is 2.47. The second-order valence-electron chi connectivity index (χ2n) is 7.37. The first-order chi connectivity index (χ1) is 9.92. The van der Waals surface area contributed by atoms with Crippen molar-refractivity contribution in [1.29, 1.82) is 0 Å². The van der Waals surface area contributed by atoms with E-state index < -0.39 is 12.8 Å². The molecule has 0 spiro atoms. The van der Waals surface area contributed by atoms with Crippen LogP contribution >= 0.6 is 16.1 Å². The van der Waals surface area contributed by atoms with Crippen molar-refractivity contribution in [2.45, 2.75) is 63.4 Å². The van der Waals surface area contributed by atoms with Gasteiger partial charge >= 0.3 is 144 Å². The summed E-state index contributed by atoms with van der Waals surface area (Å²) in [6, 6.07) is 12.8. The maximum absolute atomic E-state index is 3.75. The molecule has 1 aromatic rings. The number of hydrogen-bond acceptors (Lipinski definition) is 1. The number of hydrogen-bond donors (Lipinski definition) is 0. The van der Waals surface area contributed by atoms with Crippen LogP contribution in [0.15, 0.2) is 30.3 Å².